The number of carboxylic acids is 1. The molecule has 0 aromatic carbocycles. The van der Waals surface area contributed by atoms with Crippen LogP contribution in [0.1, 0.15) is 19.8 Å². The van der Waals surface area contributed by atoms with Gasteiger partial charge in [-0.1, -0.05) is 0 Å². The number of hydrogen-bond donors (Lipinski definition) is 1. The highest BCUT2D eigenvalue weighted by Crippen LogP contribution is 2.18. The lowest BCUT2D eigenvalue weighted by Gasteiger charge is -2.33. The van der Waals surface area contributed by atoms with Gasteiger partial charge in [-0.2, -0.15) is 0 Å². The van der Waals surface area contributed by atoms with Crippen molar-refractivity contribution >= 4 is 12.0 Å². The van der Waals surface area contributed by atoms with E-state index in [2.05, 4.69) is 0 Å². The molecule has 1 rings (SSSR count). The number of amides is 2. The maximum atomic E-state index is 12.0. The number of likely N-dealkylation sites (N-methyl/N-ethyl adjacent to an activating group) is 1. The van der Waals surface area contributed by atoms with Gasteiger partial charge in [-0.15, -0.1) is 0 Å². The van der Waals surface area contributed by atoms with Crippen molar-refractivity contribution in [3.63, 3.8) is 0 Å². The van der Waals surface area contributed by atoms with Gasteiger partial charge in [-0.05, 0) is 19.8 Å². The predicted molar refractivity (Wildman–Crippen MR) is 66.5 cm³/mol. The normalized spacial score (nSPS) is 16.7. The Kier molecular flexibility index (Phi) is 5.91. The van der Waals surface area contributed by atoms with Gasteiger partial charge in [0.05, 0.1) is 12.5 Å². The maximum Gasteiger partial charge on any atom is 0.319 e. The Morgan fingerprint density at radius 1 is 1.39 bits per heavy atom. The van der Waals surface area contributed by atoms with Crippen molar-refractivity contribution in [2.45, 2.75) is 19.8 Å². The van der Waals surface area contributed by atoms with Crippen LogP contribution in [0.4, 0.5) is 4.79 Å². The number of carbonyl (C=O) groups is 2. The van der Waals surface area contributed by atoms with E-state index in [4.69, 9.17) is 9.84 Å². The van der Waals surface area contributed by atoms with Gasteiger partial charge in [0.1, 0.15) is 0 Å². The molecular formula is C12H22N2O4. The van der Waals surface area contributed by atoms with Gasteiger partial charge < -0.3 is 19.6 Å². The molecule has 0 aliphatic carbocycles. The van der Waals surface area contributed by atoms with Gasteiger partial charge in [0, 0.05) is 33.3 Å². The second-order valence-electron chi connectivity index (χ2n) is 4.50. The predicted octanol–water partition coefficient (Wildman–Crippen LogP) is 0.871. The number of carboxylic acid groups (broad SMARTS) is 1. The van der Waals surface area contributed by atoms with E-state index in [1.165, 1.54) is 0 Å². The monoisotopic (exact) mass is 258 g/mol. The Labute approximate surface area is 107 Å². The Morgan fingerprint density at radius 2 is 2.00 bits per heavy atom. The Hall–Kier alpha value is -1.30. The Bertz CT molecular complexity index is 288. The molecule has 1 aliphatic rings. The van der Waals surface area contributed by atoms with Crippen molar-refractivity contribution in [2.24, 2.45) is 5.92 Å². The molecule has 1 aliphatic heterocycles. The minimum absolute atomic E-state index is 0.0430. The molecule has 0 aromatic heterocycles. The number of piperidine rings is 1. The molecule has 0 aromatic rings. The number of aliphatic carboxylic acids is 1. The van der Waals surface area contributed by atoms with Gasteiger partial charge in [0.25, 0.3) is 0 Å². The van der Waals surface area contributed by atoms with E-state index in [0.717, 1.165) is 0 Å². The molecule has 0 unspecified atom stereocenters. The molecular weight excluding hydrogens is 236 g/mol. The van der Waals surface area contributed by atoms with Crippen LogP contribution in [0, 0.1) is 5.92 Å². The van der Waals surface area contributed by atoms with Crippen LogP contribution in [-0.4, -0.2) is 66.8 Å². The fourth-order valence-electron chi connectivity index (χ4n) is 2.00. The summed E-state index contributed by atoms with van der Waals surface area (Å²) in [6.45, 7) is 4.70. The van der Waals surface area contributed by atoms with Crippen molar-refractivity contribution in [1.29, 1.82) is 0 Å². The molecule has 1 N–H and O–H groups in total. The number of urea groups is 1. The van der Waals surface area contributed by atoms with Crippen LogP contribution < -0.4 is 0 Å². The summed E-state index contributed by atoms with van der Waals surface area (Å²) in [7, 11) is 1.74. The SMILES string of the molecule is CCOCCN(C)C(=O)N1CCC(C(=O)O)CC1. The summed E-state index contributed by atoms with van der Waals surface area (Å²) in [5.41, 5.74) is 0. The molecule has 18 heavy (non-hydrogen) atoms. The van der Waals surface area contributed by atoms with Gasteiger partial charge in [-0.3, -0.25) is 4.79 Å². The van der Waals surface area contributed by atoms with Crippen LogP contribution in [0.2, 0.25) is 0 Å². The van der Waals surface area contributed by atoms with E-state index >= 15 is 0 Å². The summed E-state index contributed by atoms with van der Waals surface area (Å²) < 4.78 is 5.20. The molecule has 0 spiro atoms. The quantitative estimate of drug-likeness (QED) is 0.743. The minimum Gasteiger partial charge on any atom is -0.481 e. The fraction of sp³-hybridized carbons (Fsp3) is 0.833. The molecule has 1 saturated heterocycles. The molecule has 1 fully saturated rings. The summed E-state index contributed by atoms with van der Waals surface area (Å²) >= 11 is 0. The first kappa shape index (κ1) is 14.8. The third-order valence-electron chi connectivity index (χ3n) is 3.22. The van der Waals surface area contributed by atoms with E-state index in [9.17, 15) is 9.59 Å². The molecule has 1 heterocycles. The second kappa shape index (κ2) is 7.20. The summed E-state index contributed by atoms with van der Waals surface area (Å²) in [4.78, 5) is 26.2. The average Bonchev–Trinajstić information content (AvgIpc) is 2.38. The molecule has 2 amide bonds. The topological polar surface area (TPSA) is 70.1 Å². The third kappa shape index (κ3) is 4.18. The number of carbonyl (C=O) groups excluding carboxylic acids is 1. The number of likely N-dealkylation sites (tertiary alicyclic amines) is 1. The molecule has 0 bridgehead atoms. The van der Waals surface area contributed by atoms with Crippen LogP contribution >= 0.6 is 0 Å². The van der Waals surface area contributed by atoms with Crippen molar-refractivity contribution in [3.05, 3.63) is 0 Å². The van der Waals surface area contributed by atoms with Crippen LogP contribution in [0.3, 0.4) is 0 Å². The lowest BCUT2D eigenvalue weighted by molar-refractivity contribution is -0.143. The van der Waals surface area contributed by atoms with Crippen molar-refractivity contribution in [2.75, 3.05) is 39.9 Å². The van der Waals surface area contributed by atoms with Gasteiger partial charge in [0.2, 0.25) is 0 Å². The fourth-order valence-corrected chi connectivity index (χ4v) is 2.00. The van der Waals surface area contributed by atoms with Gasteiger partial charge in [-0.25, -0.2) is 4.79 Å². The van der Waals surface area contributed by atoms with E-state index in [1.807, 2.05) is 6.92 Å². The first-order valence-electron chi connectivity index (χ1n) is 6.36. The molecule has 0 radical (unpaired) electrons. The van der Waals surface area contributed by atoms with Crippen LogP contribution in [0.5, 0.6) is 0 Å². The summed E-state index contributed by atoms with van der Waals surface area (Å²) in [6, 6.07) is -0.0430. The molecule has 6 nitrogen and oxygen atoms in total. The molecule has 0 atom stereocenters. The minimum atomic E-state index is -0.758. The highest BCUT2D eigenvalue weighted by atomic mass is 16.5. The van der Waals surface area contributed by atoms with E-state index < -0.39 is 5.97 Å². The lowest BCUT2D eigenvalue weighted by Crippen LogP contribution is -2.46. The third-order valence-corrected chi connectivity index (χ3v) is 3.22. The zero-order valence-corrected chi connectivity index (χ0v) is 11.1. The van der Waals surface area contributed by atoms with E-state index in [0.29, 0.717) is 45.7 Å². The standard InChI is InChI=1S/C12H22N2O4/c1-3-18-9-8-13(2)12(17)14-6-4-10(5-7-14)11(15)16/h10H,3-9H2,1-2H3,(H,15,16). The zero-order valence-electron chi connectivity index (χ0n) is 11.1. The Balaban J connectivity index is 2.32. The largest absolute Gasteiger partial charge is 0.481 e. The smallest absolute Gasteiger partial charge is 0.319 e. The van der Waals surface area contributed by atoms with Crippen LogP contribution in [0.25, 0.3) is 0 Å². The lowest BCUT2D eigenvalue weighted by atomic mass is 9.97. The molecule has 0 saturated carbocycles. The number of nitrogens with zero attached hydrogens (tertiary/aromatic N) is 2. The highest BCUT2D eigenvalue weighted by molar-refractivity contribution is 5.75. The summed E-state index contributed by atoms with van der Waals surface area (Å²) in [6.07, 6.45) is 1.08. The molecule has 104 valence electrons. The molecule has 6 heteroatoms. The number of rotatable bonds is 5. The van der Waals surface area contributed by atoms with Crippen LogP contribution in [-0.2, 0) is 9.53 Å². The summed E-state index contributed by atoms with van der Waals surface area (Å²) in [5.74, 6) is -1.06. The number of hydrogen-bond acceptors (Lipinski definition) is 3. The number of ether oxygens (including phenoxy) is 1. The van der Waals surface area contributed by atoms with Gasteiger partial charge in [0.15, 0.2) is 0 Å². The summed E-state index contributed by atoms with van der Waals surface area (Å²) in [5, 5.41) is 8.89. The van der Waals surface area contributed by atoms with Crippen molar-refractivity contribution < 1.29 is 19.4 Å². The van der Waals surface area contributed by atoms with E-state index in [1.54, 1.807) is 16.8 Å². The first-order chi connectivity index (χ1) is 8.56. The van der Waals surface area contributed by atoms with Crippen molar-refractivity contribution in [3.8, 4) is 0 Å². The van der Waals surface area contributed by atoms with E-state index in [-0.39, 0.29) is 11.9 Å². The van der Waals surface area contributed by atoms with Crippen molar-refractivity contribution in [1.82, 2.24) is 9.80 Å². The maximum absolute atomic E-state index is 12.0. The Morgan fingerprint density at radius 3 is 2.50 bits per heavy atom. The van der Waals surface area contributed by atoms with Gasteiger partial charge >= 0.3 is 12.0 Å². The second-order valence-corrected chi connectivity index (χ2v) is 4.50. The zero-order chi connectivity index (χ0) is 13.5. The average molecular weight is 258 g/mol. The first-order valence-corrected chi connectivity index (χ1v) is 6.36. The van der Waals surface area contributed by atoms with Crippen LogP contribution in [0.15, 0.2) is 0 Å². The highest BCUT2D eigenvalue weighted by Gasteiger charge is 2.28.